The molecule has 0 fully saturated rings. The average Bonchev–Trinajstić information content (AvgIpc) is 2.60. The first-order valence-corrected chi connectivity index (χ1v) is 7.93. The maximum absolute atomic E-state index is 12.2. The predicted octanol–water partition coefficient (Wildman–Crippen LogP) is 2.20. The Morgan fingerprint density at radius 2 is 1.65 bits per heavy atom. The fraction of sp³-hybridized carbons (Fsp3) is 0.316. The Morgan fingerprint density at radius 3 is 2.26 bits per heavy atom. The number of rotatable bonds is 7. The van der Waals surface area contributed by atoms with E-state index in [4.69, 9.17) is 5.73 Å². The van der Waals surface area contributed by atoms with E-state index in [0.717, 1.165) is 11.3 Å². The summed E-state index contributed by atoms with van der Waals surface area (Å²) in [5.41, 5.74) is 8.20. The molecule has 122 valence electrons. The van der Waals surface area contributed by atoms with Crippen LogP contribution in [-0.2, 0) is 11.2 Å². The molecule has 0 radical (unpaired) electrons. The van der Waals surface area contributed by atoms with Crippen molar-refractivity contribution in [1.82, 2.24) is 5.32 Å². The van der Waals surface area contributed by atoms with Crippen molar-refractivity contribution >= 4 is 11.6 Å². The van der Waals surface area contributed by atoms with Crippen molar-refractivity contribution in [1.29, 1.82) is 0 Å². The number of hydrogen-bond acceptors (Lipinski definition) is 3. The number of carbonyl (C=O) groups is 1. The van der Waals surface area contributed by atoms with Gasteiger partial charge in [0.2, 0.25) is 5.91 Å². The van der Waals surface area contributed by atoms with Crippen LogP contribution in [0, 0.1) is 0 Å². The van der Waals surface area contributed by atoms with Crippen LogP contribution in [0.4, 0.5) is 5.69 Å². The van der Waals surface area contributed by atoms with Crippen LogP contribution in [0.5, 0.6) is 0 Å². The summed E-state index contributed by atoms with van der Waals surface area (Å²) < 4.78 is 0. The van der Waals surface area contributed by atoms with Gasteiger partial charge in [-0.05, 0) is 31.0 Å². The van der Waals surface area contributed by atoms with Gasteiger partial charge in [0.1, 0.15) is 0 Å². The standard InChI is InChI=1S/C19H25N3O/c1-15(22(2)17-11-7-4-8-12-17)14-21-19(23)18(20)13-16-9-5-3-6-10-16/h3-12,15,18H,13-14,20H2,1-2H3,(H,21,23). The molecule has 0 aliphatic rings. The molecule has 2 atom stereocenters. The van der Waals surface area contributed by atoms with Gasteiger partial charge in [0.05, 0.1) is 6.04 Å². The van der Waals surface area contributed by atoms with Gasteiger partial charge in [-0.15, -0.1) is 0 Å². The highest BCUT2D eigenvalue weighted by Crippen LogP contribution is 2.13. The number of carbonyl (C=O) groups excluding carboxylic acids is 1. The number of likely N-dealkylation sites (N-methyl/N-ethyl adjacent to an activating group) is 1. The summed E-state index contributed by atoms with van der Waals surface area (Å²) in [7, 11) is 2.02. The number of nitrogens with two attached hydrogens (primary N) is 1. The number of para-hydroxylation sites is 1. The molecule has 2 unspecified atom stereocenters. The summed E-state index contributed by atoms with van der Waals surface area (Å²) in [6, 6.07) is 19.6. The van der Waals surface area contributed by atoms with E-state index in [1.807, 2.05) is 55.6 Å². The summed E-state index contributed by atoms with van der Waals surface area (Å²) in [6.07, 6.45) is 0.551. The van der Waals surface area contributed by atoms with Crippen LogP contribution in [0.1, 0.15) is 12.5 Å². The van der Waals surface area contributed by atoms with Gasteiger partial charge >= 0.3 is 0 Å². The zero-order valence-electron chi connectivity index (χ0n) is 13.8. The highest BCUT2D eigenvalue weighted by molar-refractivity contribution is 5.81. The van der Waals surface area contributed by atoms with E-state index in [1.165, 1.54) is 0 Å². The normalized spacial score (nSPS) is 13.2. The molecule has 0 saturated carbocycles. The van der Waals surface area contributed by atoms with Crippen molar-refractivity contribution in [2.75, 3.05) is 18.5 Å². The summed E-state index contributed by atoms with van der Waals surface area (Å²) >= 11 is 0. The van der Waals surface area contributed by atoms with Crippen LogP contribution in [0.15, 0.2) is 60.7 Å². The third-order valence-corrected chi connectivity index (χ3v) is 4.03. The van der Waals surface area contributed by atoms with Gasteiger partial charge in [-0.25, -0.2) is 0 Å². The number of hydrogen-bond donors (Lipinski definition) is 2. The molecule has 0 spiro atoms. The maximum atomic E-state index is 12.2. The fourth-order valence-electron chi connectivity index (χ4n) is 2.39. The van der Waals surface area contributed by atoms with Crippen molar-refractivity contribution < 1.29 is 4.79 Å². The van der Waals surface area contributed by atoms with Gasteiger partial charge in [-0.1, -0.05) is 48.5 Å². The second-order valence-corrected chi connectivity index (χ2v) is 5.84. The van der Waals surface area contributed by atoms with Crippen LogP contribution in [0.25, 0.3) is 0 Å². The van der Waals surface area contributed by atoms with Crippen LogP contribution in [-0.4, -0.2) is 31.6 Å². The Kier molecular flexibility index (Phi) is 6.18. The molecule has 0 bridgehead atoms. The molecule has 23 heavy (non-hydrogen) atoms. The van der Waals surface area contributed by atoms with E-state index in [9.17, 15) is 4.79 Å². The summed E-state index contributed by atoms with van der Waals surface area (Å²) in [5.74, 6) is -0.109. The van der Waals surface area contributed by atoms with Gasteiger partial charge in [0.25, 0.3) is 0 Å². The van der Waals surface area contributed by atoms with Crippen LogP contribution in [0.2, 0.25) is 0 Å². The van der Waals surface area contributed by atoms with Gasteiger partial charge in [-0.3, -0.25) is 4.79 Å². The predicted molar refractivity (Wildman–Crippen MR) is 95.4 cm³/mol. The Balaban J connectivity index is 1.81. The molecule has 2 rings (SSSR count). The van der Waals surface area contributed by atoms with E-state index in [1.54, 1.807) is 0 Å². The molecule has 2 aromatic rings. The number of anilines is 1. The molecule has 0 aromatic heterocycles. The quantitative estimate of drug-likeness (QED) is 0.824. The molecule has 4 nitrogen and oxygen atoms in total. The molecular weight excluding hydrogens is 286 g/mol. The summed E-state index contributed by atoms with van der Waals surface area (Å²) in [5, 5.41) is 2.95. The zero-order chi connectivity index (χ0) is 16.7. The minimum atomic E-state index is -0.522. The van der Waals surface area contributed by atoms with Gasteiger partial charge in [-0.2, -0.15) is 0 Å². The van der Waals surface area contributed by atoms with E-state index in [0.29, 0.717) is 13.0 Å². The fourth-order valence-corrected chi connectivity index (χ4v) is 2.39. The van der Waals surface area contributed by atoms with Gasteiger partial charge in [0, 0.05) is 25.3 Å². The topological polar surface area (TPSA) is 58.4 Å². The zero-order valence-corrected chi connectivity index (χ0v) is 13.8. The number of nitrogens with one attached hydrogen (secondary N) is 1. The minimum absolute atomic E-state index is 0.109. The minimum Gasteiger partial charge on any atom is -0.370 e. The van der Waals surface area contributed by atoms with E-state index >= 15 is 0 Å². The van der Waals surface area contributed by atoms with E-state index in [-0.39, 0.29) is 11.9 Å². The number of nitrogens with zero attached hydrogens (tertiary/aromatic N) is 1. The van der Waals surface area contributed by atoms with Crippen molar-refractivity contribution in [3.05, 3.63) is 66.2 Å². The summed E-state index contributed by atoms with van der Waals surface area (Å²) in [6.45, 7) is 2.64. The molecule has 2 aromatic carbocycles. The van der Waals surface area contributed by atoms with Crippen molar-refractivity contribution in [2.24, 2.45) is 5.73 Å². The lowest BCUT2D eigenvalue weighted by Gasteiger charge is -2.27. The van der Waals surface area contributed by atoms with Crippen LogP contribution >= 0.6 is 0 Å². The molecule has 4 heteroatoms. The van der Waals surface area contributed by atoms with Crippen molar-refractivity contribution in [3.8, 4) is 0 Å². The lowest BCUT2D eigenvalue weighted by Crippen LogP contribution is -2.47. The SMILES string of the molecule is CC(CNC(=O)C(N)Cc1ccccc1)N(C)c1ccccc1. The first kappa shape index (κ1) is 17.0. The second-order valence-electron chi connectivity index (χ2n) is 5.84. The smallest absolute Gasteiger partial charge is 0.237 e. The molecule has 3 N–H and O–H groups in total. The van der Waals surface area contributed by atoms with Crippen molar-refractivity contribution in [2.45, 2.75) is 25.4 Å². The highest BCUT2D eigenvalue weighted by atomic mass is 16.2. The Bertz CT molecular complexity index is 601. The number of benzene rings is 2. The lowest BCUT2D eigenvalue weighted by molar-refractivity contribution is -0.122. The van der Waals surface area contributed by atoms with E-state index < -0.39 is 6.04 Å². The molecule has 0 aliphatic carbocycles. The van der Waals surface area contributed by atoms with E-state index in [2.05, 4.69) is 29.3 Å². The van der Waals surface area contributed by atoms with Crippen molar-refractivity contribution in [3.63, 3.8) is 0 Å². The maximum Gasteiger partial charge on any atom is 0.237 e. The molecule has 0 saturated heterocycles. The average molecular weight is 311 g/mol. The third-order valence-electron chi connectivity index (χ3n) is 4.03. The van der Waals surface area contributed by atoms with Crippen LogP contribution in [0.3, 0.4) is 0 Å². The molecule has 1 amide bonds. The Labute approximate surface area is 138 Å². The molecule has 0 heterocycles. The first-order valence-electron chi connectivity index (χ1n) is 7.93. The molecular formula is C19H25N3O. The largest absolute Gasteiger partial charge is 0.370 e. The Hall–Kier alpha value is -2.33. The monoisotopic (exact) mass is 311 g/mol. The lowest BCUT2D eigenvalue weighted by atomic mass is 10.1. The Morgan fingerprint density at radius 1 is 1.09 bits per heavy atom. The highest BCUT2D eigenvalue weighted by Gasteiger charge is 2.16. The van der Waals surface area contributed by atoms with Gasteiger partial charge in [0.15, 0.2) is 0 Å². The summed E-state index contributed by atoms with van der Waals surface area (Å²) in [4.78, 5) is 14.3. The third kappa shape index (κ3) is 5.11. The number of amides is 1. The van der Waals surface area contributed by atoms with Crippen LogP contribution < -0.4 is 16.0 Å². The second kappa shape index (κ2) is 8.34. The van der Waals surface area contributed by atoms with Gasteiger partial charge < -0.3 is 16.0 Å². The first-order chi connectivity index (χ1) is 11.1. The molecule has 0 aliphatic heterocycles.